The first-order valence-corrected chi connectivity index (χ1v) is 26.1. The third-order valence-electron chi connectivity index (χ3n) is 7.97. The van der Waals surface area contributed by atoms with Crippen LogP contribution in [0, 0.1) is 0 Å². The van der Waals surface area contributed by atoms with E-state index in [1.54, 1.807) is 20.0 Å². The summed E-state index contributed by atoms with van der Waals surface area (Å²) in [6.45, 7) is 0. The van der Waals surface area contributed by atoms with Crippen LogP contribution in [0.1, 0.15) is 0 Å². The van der Waals surface area contributed by atoms with E-state index in [1.165, 1.54) is 0 Å². The third-order valence-corrected chi connectivity index (χ3v) is 19.0. The summed E-state index contributed by atoms with van der Waals surface area (Å²) in [5.74, 6) is 1.85. The topological polar surface area (TPSA) is 103 Å². The van der Waals surface area contributed by atoms with Crippen LogP contribution < -0.4 is 43.5 Å². The minimum atomic E-state index is -0.711. The molecule has 0 aliphatic rings. The van der Waals surface area contributed by atoms with Crippen LogP contribution in [0.3, 0.4) is 0 Å². The van der Waals surface area contributed by atoms with E-state index < -0.39 is 31.7 Å². The first-order valence-electron chi connectivity index (χ1n) is 17.3. The van der Waals surface area contributed by atoms with Gasteiger partial charge in [-0.05, 0) is 97.1 Å². The van der Waals surface area contributed by atoms with E-state index in [-0.39, 0.29) is 0 Å². The van der Waals surface area contributed by atoms with Gasteiger partial charge in [-0.3, -0.25) is 39.9 Å². The smallest absolute Gasteiger partial charge is 0.0695 e. The van der Waals surface area contributed by atoms with Gasteiger partial charge in [0.1, 0.15) is 0 Å². The van der Waals surface area contributed by atoms with Crippen LogP contribution in [0.25, 0.3) is 0 Å². The van der Waals surface area contributed by atoms with E-state index in [9.17, 15) is 0 Å². The van der Waals surface area contributed by atoms with Gasteiger partial charge in [0.2, 0.25) is 0 Å². The number of halogens is 1. The molecule has 0 saturated carbocycles. The van der Waals surface area contributed by atoms with Crippen molar-refractivity contribution >= 4 is 84.4 Å². The Morgan fingerprint density at radius 1 is 0.268 bits per heavy atom. The first kappa shape index (κ1) is 41.6. The van der Waals surface area contributed by atoms with E-state index >= 15 is 0 Å². The number of pyridine rings is 8. The van der Waals surface area contributed by atoms with Gasteiger partial charge in [-0.15, -0.1) is 0 Å². The summed E-state index contributed by atoms with van der Waals surface area (Å²) >= 11 is 1.75. The summed E-state index contributed by atoms with van der Waals surface area (Å²) in [5.41, 5.74) is 8.71. The van der Waals surface area contributed by atoms with Crippen LogP contribution in [0.4, 0.5) is 0 Å². The Morgan fingerprint density at radius 3 is 0.518 bits per heavy atom. The molecule has 8 heterocycles. The van der Waals surface area contributed by atoms with Crippen molar-refractivity contribution in [1.82, 2.24) is 39.9 Å². The fourth-order valence-electron chi connectivity index (χ4n) is 5.44. The molecule has 56 heavy (non-hydrogen) atoms. The molecule has 0 unspecified atom stereocenters. The minimum Gasteiger partial charge on any atom is -0.256 e. The molecule has 8 aromatic heterocycles. The number of aromatic nitrogens is 8. The van der Waals surface area contributed by atoms with E-state index in [1.807, 2.05) is 147 Å². The number of hydrogen-bond donors (Lipinski definition) is 0. The normalized spacial score (nSPS) is 10.8. The monoisotopic (exact) mass is 1010 g/mol. The standard InChI is InChI=1S/2C21H18N4P2.Au.ClH/c2*1-5-13-22-18(9-1)26(19-10-2-6-14-23-19)17-27(20-11-3-7-15-24-20)21-12-4-8-16-25-21;;/h2*1-16H,17H2;;1H/q;;+1;/p-1. The zero-order valence-corrected chi connectivity index (χ0v) is 36.4. The third kappa shape index (κ3) is 12.0. The molecule has 8 aromatic rings. The van der Waals surface area contributed by atoms with Gasteiger partial charge in [0.25, 0.3) is 0 Å². The van der Waals surface area contributed by atoms with Gasteiger partial charge in [0.05, 0.1) is 43.5 Å². The summed E-state index contributed by atoms with van der Waals surface area (Å²) in [6.07, 6.45) is 14.9. The van der Waals surface area contributed by atoms with Gasteiger partial charge in [-0.2, -0.15) is 0 Å². The molecule has 0 saturated heterocycles. The van der Waals surface area contributed by atoms with Crippen molar-refractivity contribution in [3.05, 3.63) is 195 Å². The Morgan fingerprint density at radius 2 is 0.411 bits per heavy atom. The number of hydrogen-bond acceptors (Lipinski definition) is 8. The predicted molar refractivity (Wildman–Crippen MR) is 234 cm³/mol. The van der Waals surface area contributed by atoms with Crippen molar-refractivity contribution in [3.8, 4) is 0 Å². The molecule has 0 aromatic carbocycles. The molecule has 0 N–H and O–H groups in total. The zero-order valence-electron chi connectivity index (χ0n) is 29.9. The molecule has 0 aliphatic heterocycles. The first-order chi connectivity index (χ1) is 27.8. The van der Waals surface area contributed by atoms with Crippen molar-refractivity contribution in [2.24, 2.45) is 0 Å². The fraction of sp³-hybridized carbons (Fsp3) is 0.0476. The predicted octanol–water partition coefficient (Wildman–Crippen LogP) is 6.27. The summed E-state index contributed by atoms with van der Waals surface area (Å²) < 4.78 is 0. The molecule has 0 fully saturated rings. The molecule has 0 radical (unpaired) electrons. The maximum Gasteiger partial charge on any atom is 0.0695 e. The molecule has 0 aliphatic carbocycles. The molecule has 0 amide bonds. The molecular formula is C42H36AuClN8P4. The Kier molecular flexibility index (Phi) is 17.3. The Hall–Kier alpha value is -4.05. The average Bonchev–Trinajstić information content (AvgIpc) is 3.30. The van der Waals surface area contributed by atoms with Gasteiger partial charge in [-0.1, -0.05) is 48.5 Å². The van der Waals surface area contributed by atoms with Crippen molar-refractivity contribution in [1.29, 1.82) is 0 Å². The molecule has 282 valence electrons. The van der Waals surface area contributed by atoms with E-state index in [4.69, 9.17) is 0 Å². The minimum absolute atomic E-state index is 0.711. The van der Waals surface area contributed by atoms with Crippen molar-refractivity contribution in [2.45, 2.75) is 0 Å². The second kappa shape index (κ2) is 23.2. The van der Waals surface area contributed by atoms with Gasteiger partial charge >= 0.3 is 29.2 Å². The van der Waals surface area contributed by atoms with Crippen LogP contribution in [0.5, 0.6) is 0 Å². The Bertz CT molecular complexity index is 1770. The Balaban J connectivity index is 0.000000182. The number of nitrogens with zero attached hydrogens (tertiary/aromatic N) is 8. The summed E-state index contributed by atoms with van der Waals surface area (Å²) in [7, 11) is 1.74. The van der Waals surface area contributed by atoms with E-state index in [0.717, 1.165) is 55.3 Å². The second-order valence-electron chi connectivity index (χ2n) is 11.5. The molecule has 0 spiro atoms. The van der Waals surface area contributed by atoms with E-state index in [0.29, 0.717) is 0 Å². The Labute approximate surface area is 348 Å². The van der Waals surface area contributed by atoms with E-state index in [2.05, 4.69) is 97.6 Å². The van der Waals surface area contributed by atoms with Crippen LogP contribution in [0.2, 0.25) is 0 Å². The summed E-state index contributed by atoms with van der Waals surface area (Å²) in [6, 6.07) is 48.8. The maximum absolute atomic E-state index is 4.65. The maximum atomic E-state index is 4.65. The van der Waals surface area contributed by atoms with Crippen molar-refractivity contribution in [2.75, 3.05) is 11.8 Å². The van der Waals surface area contributed by atoms with Gasteiger partial charge in [0.15, 0.2) is 0 Å². The molecule has 0 atom stereocenters. The molecule has 8 rings (SSSR count). The average molecular weight is 1010 g/mol. The van der Waals surface area contributed by atoms with Crippen molar-refractivity contribution < 1.29 is 20.0 Å². The van der Waals surface area contributed by atoms with Gasteiger partial charge in [0, 0.05) is 93.1 Å². The molecule has 8 nitrogen and oxygen atoms in total. The van der Waals surface area contributed by atoms with Crippen LogP contribution >= 0.6 is 40.9 Å². The van der Waals surface area contributed by atoms with Crippen LogP contribution in [-0.4, -0.2) is 51.7 Å². The quantitative estimate of drug-likeness (QED) is 0.104. The summed E-state index contributed by atoms with van der Waals surface area (Å²) in [4.78, 5) is 37.2. The zero-order chi connectivity index (χ0) is 38.6. The molecular weight excluding hydrogens is 973 g/mol. The van der Waals surface area contributed by atoms with Crippen molar-refractivity contribution in [3.63, 3.8) is 0 Å². The van der Waals surface area contributed by atoms with Gasteiger partial charge < -0.3 is 0 Å². The molecule has 14 heteroatoms. The summed E-state index contributed by atoms with van der Waals surface area (Å²) in [5, 5.41) is 0. The van der Waals surface area contributed by atoms with Crippen LogP contribution in [-0.2, 0) is 20.0 Å². The fourth-order valence-corrected chi connectivity index (χ4v) is 17.1. The van der Waals surface area contributed by atoms with Crippen LogP contribution in [0.15, 0.2) is 195 Å². The molecule has 0 bridgehead atoms. The van der Waals surface area contributed by atoms with Gasteiger partial charge in [-0.25, -0.2) is 0 Å². The SMILES string of the molecule is [Cl][Au].c1ccc(P(CP(c2ccccn2)c2ccccn2)c2ccccn2)nc1.c1ccc(P(CP(c2ccccn2)c2ccccn2)c2ccccn2)nc1. The largest absolute Gasteiger partial charge is 0.256 e. The second-order valence-corrected chi connectivity index (χ2v) is 20.9. The number of rotatable bonds is 12.